The second-order valence-electron chi connectivity index (χ2n) is 5.43. The minimum absolute atomic E-state index is 0.121. The predicted molar refractivity (Wildman–Crippen MR) is 77.7 cm³/mol. The van der Waals surface area contributed by atoms with Crippen LogP contribution in [0.1, 0.15) is 25.3 Å². The van der Waals surface area contributed by atoms with E-state index in [4.69, 9.17) is 10.9 Å². The van der Waals surface area contributed by atoms with Crippen LogP contribution in [0.2, 0.25) is 0 Å². The maximum atomic E-state index is 10.9. The van der Waals surface area contributed by atoms with Gasteiger partial charge in [-0.15, -0.1) is 0 Å². The fourth-order valence-corrected chi connectivity index (χ4v) is 2.40. The van der Waals surface area contributed by atoms with Crippen LogP contribution >= 0.6 is 0 Å². The normalized spacial score (nSPS) is 18.6. The minimum Gasteiger partial charge on any atom is -0.409 e. The average Bonchev–Trinajstić information content (AvgIpc) is 2.46. The van der Waals surface area contributed by atoms with Crippen molar-refractivity contribution in [3.05, 3.63) is 33.9 Å². The van der Waals surface area contributed by atoms with Crippen LogP contribution in [0.25, 0.3) is 0 Å². The molecule has 0 amide bonds. The Labute approximate surface area is 121 Å². The highest BCUT2D eigenvalue weighted by molar-refractivity contribution is 6.02. The van der Waals surface area contributed by atoms with Gasteiger partial charge in [0.05, 0.1) is 16.1 Å². The Morgan fingerprint density at radius 3 is 2.62 bits per heavy atom. The molecule has 114 valence electrons. The van der Waals surface area contributed by atoms with Gasteiger partial charge in [0.1, 0.15) is 0 Å². The van der Waals surface area contributed by atoms with Crippen LogP contribution in [0, 0.1) is 10.1 Å². The van der Waals surface area contributed by atoms with Crippen molar-refractivity contribution in [2.75, 3.05) is 18.0 Å². The lowest BCUT2D eigenvalue weighted by Gasteiger charge is -2.37. The third-order valence-electron chi connectivity index (χ3n) is 3.76. The Morgan fingerprint density at radius 1 is 1.48 bits per heavy atom. The fraction of sp³-hybridized carbons (Fsp3) is 0.462. The molecule has 0 spiro atoms. The maximum absolute atomic E-state index is 10.9. The van der Waals surface area contributed by atoms with Crippen LogP contribution in [0.3, 0.4) is 0 Å². The lowest BCUT2D eigenvalue weighted by atomic mass is 9.93. The Bertz CT molecular complexity index is 576. The van der Waals surface area contributed by atoms with Gasteiger partial charge in [-0.3, -0.25) is 10.1 Å². The van der Waals surface area contributed by atoms with Gasteiger partial charge in [-0.25, -0.2) is 0 Å². The molecule has 21 heavy (non-hydrogen) atoms. The lowest BCUT2D eigenvalue weighted by molar-refractivity contribution is -0.384. The Balaban J connectivity index is 2.37. The first-order valence-corrected chi connectivity index (χ1v) is 6.58. The van der Waals surface area contributed by atoms with Gasteiger partial charge in [0, 0.05) is 30.9 Å². The van der Waals surface area contributed by atoms with E-state index in [-0.39, 0.29) is 11.5 Å². The van der Waals surface area contributed by atoms with Crippen LogP contribution in [-0.2, 0) is 0 Å². The largest absolute Gasteiger partial charge is 0.409 e. The topological polar surface area (TPSA) is 125 Å². The highest BCUT2D eigenvalue weighted by Gasteiger charge is 2.29. The molecule has 8 heteroatoms. The first-order valence-electron chi connectivity index (χ1n) is 6.58. The summed E-state index contributed by atoms with van der Waals surface area (Å²) in [5.74, 6) is -0.175. The van der Waals surface area contributed by atoms with E-state index in [0.29, 0.717) is 37.2 Å². The van der Waals surface area contributed by atoms with Crippen LogP contribution in [0.15, 0.2) is 23.4 Å². The first-order chi connectivity index (χ1) is 9.84. The summed E-state index contributed by atoms with van der Waals surface area (Å²) < 4.78 is 0. The number of nitrogens with two attached hydrogens (primary N) is 1. The average molecular weight is 294 g/mol. The Morgan fingerprint density at radius 2 is 2.10 bits per heavy atom. The van der Waals surface area contributed by atoms with E-state index in [2.05, 4.69) is 5.16 Å². The summed E-state index contributed by atoms with van der Waals surface area (Å²) in [7, 11) is 0. The third kappa shape index (κ3) is 3.22. The molecule has 1 fully saturated rings. The SMILES string of the molecule is CC1(O)CCN(c2ccc([N+](=O)[O-])cc2/C(N)=N/O)CC1. The fourth-order valence-electron chi connectivity index (χ4n) is 2.40. The second kappa shape index (κ2) is 5.57. The van der Waals surface area contributed by atoms with Gasteiger partial charge in [0.2, 0.25) is 0 Å². The predicted octanol–water partition coefficient (Wildman–Crippen LogP) is 1.04. The summed E-state index contributed by atoms with van der Waals surface area (Å²) in [5.41, 5.74) is 5.78. The minimum atomic E-state index is -0.700. The van der Waals surface area contributed by atoms with Crippen molar-refractivity contribution in [2.24, 2.45) is 10.9 Å². The molecule has 1 saturated heterocycles. The molecule has 0 saturated carbocycles. The number of nitro groups is 1. The first kappa shape index (κ1) is 15.0. The number of non-ortho nitro benzene ring substituents is 1. The van der Waals surface area contributed by atoms with Crippen LogP contribution in [0.4, 0.5) is 11.4 Å². The molecule has 1 aromatic rings. The maximum Gasteiger partial charge on any atom is 0.270 e. The molecule has 1 aliphatic heterocycles. The highest BCUT2D eigenvalue weighted by atomic mass is 16.6. The molecule has 4 N–H and O–H groups in total. The van der Waals surface area contributed by atoms with E-state index in [1.165, 1.54) is 12.1 Å². The quantitative estimate of drug-likeness (QED) is 0.251. The summed E-state index contributed by atoms with van der Waals surface area (Å²) in [4.78, 5) is 12.3. The molecule has 0 unspecified atom stereocenters. The molecule has 0 bridgehead atoms. The van der Waals surface area contributed by atoms with Crippen molar-refractivity contribution in [1.82, 2.24) is 0 Å². The van der Waals surface area contributed by atoms with E-state index in [9.17, 15) is 15.2 Å². The third-order valence-corrected chi connectivity index (χ3v) is 3.76. The number of amidine groups is 1. The molecule has 0 atom stereocenters. The molecule has 1 aliphatic rings. The van der Waals surface area contributed by atoms with Gasteiger partial charge in [-0.05, 0) is 25.8 Å². The molecule has 8 nitrogen and oxygen atoms in total. The van der Waals surface area contributed by atoms with E-state index >= 15 is 0 Å². The van der Waals surface area contributed by atoms with Gasteiger partial charge >= 0.3 is 0 Å². The summed E-state index contributed by atoms with van der Waals surface area (Å²) >= 11 is 0. The van der Waals surface area contributed by atoms with Crippen molar-refractivity contribution in [3.63, 3.8) is 0 Å². The van der Waals surface area contributed by atoms with E-state index in [0.717, 1.165) is 0 Å². The van der Waals surface area contributed by atoms with Gasteiger partial charge in [0.25, 0.3) is 5.69 Å². The summed E-state index contributed by atoms with van der Waals surface area (Å²) in [6, 6.07) is 4.26. The monoisotopic (exact) mass is 294 g/mol. The van der Waals surface area contributed by atoms with Crippen molar-refractivity contribution in [3.8, 4) is 0 Å². The molecule has 0 aliphatic carbocycles. The number of aliphatic hydroxyl groups is 1. The molecule has 2 rings (SSSR count). The van der Waals surface area contributed by atoms with Crippen molar-refractivity contribution in [1.29, 1.82) is 0 Å². The van der Waals surface area contributed by atoms with Crippen molar-refractivity contribution >= 4 is 17.2 Å². The van der Waals surface area contributed by atoms with Gasteiger partial charge in [0.15, 0.2) is 5.84 Å². The summed E-state index contributed by atoms with van der Waals surface area (Å²) in [5, 5.41) is 32.6. The summed E-state index contributed by atoms with van der Waals surface area (Å²) in [6.07, 6.45) is 1.17. The molecule has 1 aromatic carbocycles. The van der Waals surface area contributed by atoms with E-state index < -0.39 is 10.5 Å². The number of nitrogens with zero attached hydrogens (tertiary/aromatic N) is 3. The molecular weight excluding hydrogens is 276 g/mol. The number of anilines is 1. The standard InChI is InChI=1S/C13H18N4O4/c1-13(18)4-6-16(7-5-13)11-3-2-9(17(20)21)8-10(11)12(14)15-19/h2-3,8,18-19H,4-7H2,1H3,(H2,14,15). The van der Waals surface area contributed by atoms with E-state index in [1.807, 2.05) is 4.90 Å². The van der Waals surface area contributed by atoms with E-state index in [1.54, 1.807) is 13.0 Å². The van der Waals surface area contributed by atoms with Crippen LogP contribution < -0.4 is 10.6 Å². The molecule has 0 aromatic heterocycles. The van der Waals surface area contributed by atoms with Crippen molar-refractivity contribution in [2.45, 2.75) is 25.4 Å². The molecule has 0 radical (unpaired) electrons. The second-order valence-corrected chi connectivity index (χ2v) is 5.43. The number of benzene rings is 1. The van der Waals surface area contributed by atoms with Crippen LogP contribution in [0.5, 0.6) is 0 Å². The van der Waals surface area contributed by atoms with Gasteiger partial charge in [-0.2, -0.15) is 0 Å². The number of hydrogen-bond donors (Lipinski definition) is 3. The smallest absolute Gasteiger partial charge is 0.270 e. The Kier molecular flexibility index (Phi) is 3.99. The summed E-state index contributed by atoms with van der Waals surface area (Å²) in [6.45, 7) is 2.97. The zero-order valence-electron chi connectivity index (χ0n) is 11.7. The van der Waals surface area contributed by atoms with Crippen molar-refractivity contribution < 1.29 is 15.2 Å². The number of rotatable bonds is 3. The zero-order chi connectivity index (χ0) is 15.6. The number of nitro benzene ring substituents is 1. The highest BCUT2D eigenvalue weighted by Crippen LogP contribution is 2.30. The van der Waals surface area contributed by atoms with Gasteiger partial charge in [-0.1, -0.05) is 5.16 Å². The van der Waals surface area contributed by atoms with Crippen LogP contribution in [-0.4, -0.2) is 39.8 Å². The van der Waals surface area contributed by atoms with Gasteiger partial charge < -0.3 is 20.9 Å². The number of oxime groups is 1. The number of hydrogen-bond acceptors (Lipinski definition) is 6. The molecular formula is C13H18N4O4. The lowest BCUT2D eigenvalue weighted by Crippen LogP contribution is -2.43. The Hall–Kier alpha value is -2.35. The number of piperidine rings is 1. The molecule has 1 heterocycles. The zero-order valence-corrected chi connectivity index (χ0v) is 11.7.